The summed E-state index contributed by atoms with van der Waals surface area (Å²) in [4.78, 5) is 27.5. The van der Waals surface area contributed by atoms with Crippen molar-refractivity contribution in [2.75, 3.05) is 38.9 Å². The van der Waals surface area contributed by atoms with E-state index in [0.29, 0.717) is 29.4 Å². The van der Waals surface area contributed by atoms with Crippen LogP contribution in [0.25, 0.3) is 0 Å². The second-order valence-corrected chi connectivity index (χ2v) is 7.50. The quantitative estimate of drug-likeness (QED) is 0.583. The molecule has 1 N–H and O–H groups in total. The minimum absolute atomic E-state index is 0.102. The first-order valence-corrected chi connectivity index (χ1v) is 10.7. The molecule has 2 rings (SSSR count). The lowest BCUT2D eigenvalue weighted by atomic mass is 10.1. The van der Waals surface area contributed by atoms with Gasteiger partial charge in [0.1, 0.15) is 0 Å². The summed E-state index contributed by atoms with van der Waals surface area (Å²) < 4.78 is 10.9. The molecule has 2 amide bonds. The normalized spacial score (nSPS) is 10.4. The smallest absolute Gasteiger partial charge is 0.254 e. The van der Waals surface area contributed by atoms with Crippen molar-refractivity contribution in [2.45, 2.75) is 18.2 Å². The van der Waals surface area contributed by atoms with E-state index >= 15 is 0 Å². The number of nitrogens with one attached hydrogen (secondary N) is 1. The Hall–Kier alpha value is -2.38. The fraction of sp³-hybridized carbons (Fsp3) is 0.333. The van der Waals surface area contributed by atoms with Gasteiger partial charge in [-0.2, -0.15) is 0 Å². The Balaban J connectivity index is 2.11. The first-order valence-electron chi connectivity index (χ1n) is 9.09. The van der Waals surface area contributed by atoms with Crippen LogP contribution in [-0.2, 0) is 4.79 Å². The van der Waals surface area contributed by atoms with E-state index in [2.05, 4.69) is 5.32 Å². The number of methoxy groups -OCH3 is 1. The molecule has 0 saturated heterocycles. The van der Waals surface area contributed by atoms with Crippen molar-refractivity contribution >= 4 is 40.9 Å². The number of halogens is 1. The third-order valence-corrected chi connectivity index (χ3v) is 5.11. The number of benzene rings is 2. The molecule has 156 valence electrons. The minimum Gasteiger partial charge on any atom is -0.493 e. The van der Waals surface area contributed by atoms with Crippen LogP contribution >= 0.6 is 23.4 Å². The second-order valence-electron chi connectivity index (χ2n) is 6.25. The molecular formula is C21H25ClN2O4S. The van der Waals surface area contributed by atoms with Gasteiger partial charge >= 0.3 is 0 Å². The summed E-state index contributed by atoms with van der Waals surface area (Å²) in [6.07, 6.45) is 2.75. The van der Waals surface area contributed by atoms with Crippen molar-refractivity contribution in [1.82, 2.24) is 4.90 Å². The van der Waals surface area contributed by atoms with Gasteiger partial charge in [0.05, 0.1) is 31.0 Å². The van der Waals surface area contributed by atoms with Gasteiger partial charge in [-0.15, -0.1) is 11.8 Å². The Kier molecular flexibility index (Phi) is 8.67. The van der Waals surface area contributed by atoms with Crippen LogP contribution in [0, 0.1) is 0 Å². The molecule has 0 aliphatic heterocycles. The van der Waals surface area contributed by atoms with Crippen molar-refractivity contribution < 1.29 is 19.1 Å². The summed E-state index contributed by atoms with van der Waals surface area (Å²) in [5.74, 6) is 0.145. The zero-order valence-electron chi connectivity index (χ0n) is 17.0. The zero-order valence-corrected chi connectivity index (χ0v) is 18.5. The molecule has 8 heteroatoms. The SMILES string of the molecule is CCCOc1c(Cl)cc(C(=O)N(C)CC(=O)Nc2ccccc2SC)cc1OC. The van der Waals surface area contributed by atoms with Gasteiger partial charge in [-0.3, -0.25) is 9.59 Å². The molecule has 0 bridgehead atoms. The number of hydrogen-bond donors (Lipinski definition) is 1. The Morgan fingerprint density at radius 1 is 1.24 bits per heavy atom. The maximum absolute atomic E-state index is 12.8. The number of rotatable bonds is 9. The molecule has 0 heterocycles. The highest BCUT2D eigenvalue weighted by molar-refractivity contribution is 7.98. The highest BCUT2D eigenvalue weighted by Crippen LogP contribution is 2.36. The number of nitrogens with zero attached hydrogens (tertiary/aromatic N) is 1. The van der Waals surface area contributed by atoms with E-state index in [4.69, 9.17) is 21.1 Å². The summed E-state index contributed by atoms with van der Waals surface area (Å²) in [5.41, 5.74) is 1.03. The monoisotopic (exact) mass is 436 g/mol. The van der Waals surface area contributed by atoms with Crippen LogP contribution in [0.2, 0.25) is 5.02 Å². The lowest BCUT2D eigenvalue weighted by Gasteiger charge is -2.19. The maximum atomic E-state index is 12.8. The predicted octanol–water partition coefficient (Wildman–Crippen LogP) is 4.57. The van der Waals surface area contributed by atoms with E-state index in [1.165, 1.54) is 29.8 Å². The molecule has 0 unspecified atom stereocenters. The van der Waals surface area contributed by atoms with Crippen LogP contribution in [0.3, 0.4) is 0 Å². The average Bonchev–Trinajstić information content (AvgIpc) is 2.71. The van der Waals surface area contributed by atoms with E-state index in [1.54, 1.807) is 13.1 Å². The molecule has 0 fully saturated rings. The highest BCUT2D eigenvalue weighted by Gasteiger charge is 2.20. The first kappa shape index (κ1) is 22.9. The predicted molar refractivity (Wildman–Crippen MR) is 118 cm³/mol. The van der Waals surface area contributed by atoms with E-state index in [0.717, 1.165) is 11.3 Å². The summed E-state index contributed by atoms with van der Waals surface area (Å²) in [5, 5.41) is 3.13. The number of amides is 2. The first-order chi connectivity index (χ1) is 13.9. The van der Waals surface area contributed by atoms with Gasteiger partial charge < -0.3 is 19.7 Å². The number of likely N-dealkylation sites (N-methyl/N-ethyl adjacent to an activating group) is 1. The highest BCUT2D eigenvalue weighted by atomic mass is 35.5. The minimum atomic E-state index is -0.347. The number of ether oxygens (including phenoxy) is 2. The molecule has 6 nitrogen and oxygen atoms in total. The van der Waals surface area contributed by atoms with Crippen LogP contribution in [0.5, 0.6) is 11.5 Å². The van der Waals surface area contributed by atoms with Crippen LogP contribution in [0.4, 0.5) is 5.69 Å². The fourth-order valence-electron chi connectivity index (χ4n) is 2.63. The molecule has 0 aliphatic carbocycles. The van der Waals surface area contributed by atoms with Crippen molar-refractivity contribution in [3.63, 3.8) is 0 Å². The van der Waals surface area contributed by atoms with Crippen LogP contribution < -0.4 is 14.8 Å². The maximum Gasteiger partial charge on any atom is 0.254 e. The Morgan fingerprint density at radius 2 is 1.97 bits per heavy atom. The summed E-state index contributed by atoms with van der Waals surface area (Å²) in [7, 11) is 3.04. The third-order valence-electron chi connectivity index (χ3n) is 4.04. The molecule has 0 saturated carbocycles. The zero-order chi connectivity index (χ0) is 21.4. The van der Waals surface area contributed by atoms with Crippen LogP contribution in [0.1, 0.15) is 23.7 Å². The largest absolute Gasteiger partial charge is 0.493 e. The molecule has 0 aliphatic rings. The van der Waals surface area contributed by atoms with Crippen molar-refractivity contribution in [1.29, 1.82) is 0 Å². The average molecular weight is 437 g/mol. The van der Waals surface area contributed by atoms with Crippen LogP contribution in [-0.4, -0.2) is 50.3 Å². The number of hydrogen-bond acceptors (Lipinski definition) is 5. The van der Waals surface area contributed by atoms with E-state index in [1.807, 2.05) is 37.4 Å². The molecule has 29 heavy (non-hydrogen) atoms. The molecule has 0 aromatic heterocycles. The Morgan fingerprint density at radius 3 is 2.62 bits per heavy atom. The van der Waals surface area contributed by atoms with Gasteiger partial charge in [-0.05, 0) is 36.9 Å². The van der Waals surface area contributed by atoms with Gasteiger partial charge in [-0.1, -0.05) is 30.7 Å². The van der Waals surface area contributed by atoms with E-state index in [-0.39, 0.29) is 23.4 Å². The molecule has 2 aromatic rings. The second kappa shape index (κ2) is 11.0. The number of carbonyl (C=O) groups excluding carboxylic acids is 2. The summed E-state index contributed by atoms with van der Waals surface area (Å²) in [6.45, 7) is 2.37. The number of anilines is 1. The van der Waals surface area contributed by atoms with Gasteiger partial charge in [0, 0.05) is 17.5 Å². The molecule has 0 radical (unpaired) electrons. The Bertz CT molecular complexity index is 876. The van der Waals surface area contributed by atoms with Gasteiger partial charge in [0.25, 0.3) is 5.91 Å². The summed E-state index contributed by atoms with van der Waals surface area (Å²) in [6, 6.07) is 10.6. The topological polar surface area (TPSA) is 67.9 Å². The third kappa shape index (κ3) is 6.05. The lowest BCUT2D eigenvalue weighted by Crippen LogP contribution is -2.35. The van der Waals surface area contributed by atoms with E-state index < -0.39 is 0 Å². The van der Waals surface area contributed by atoms with Crippen molar-refractivity contribution in [2.24, 2.45) is 0 Å². The van der Waals surface area contributed by atoms with E-state index in [9.17, 15) is 9.59 Å². The fourth-order valence-corrected chi connectivity index (χ4v) is 3.45. The van der Waals surface area contributed by atoms with Crippen molar-refractivity contribution in [3.05, 3.63) is 47.0 Å². The van der Waals surface area contributed by atoms with Gasteiger partial charge in [-0.25, -0.2) is 0 Å². The number of para-hydroxylation sites is 1. The number of carbonyl (C=O) groups is 2. The van der Waals surface area contributed by atoms with Crippen LogP contribution in [0.15, 0.2) is 41.3 Å². The molecule has 0 spiro atoms. The molecule has 2 aromatic carbocycles. The standard InChI is InChI=1S/C21H25ClN2O4S/c1-5-10-28-20-15(22)11-14(12-17(20)27-3)21(26)24(2)13-19(25)23-16-8-6-7-9-18(16)29-4/h6-9,11-12H,5,10,13H2,1-4H3,(H,23,25). The lowest BCUT2D eigenvalue weighted by molar-refractivity contribution is -0.116. The number of thioether (sulfide) groups is 1. The Labute approximate surface area is 180 Å². The molecular weight excluding hydrogens is 412 g/mol. The van der Waals surface area contributed by atoms with Gasteiger partial charge in [0.15, 0.2) is 11.5 Å². The molecule has 0 atom stereocenters. The summed E-state index contributed by atoms with van der Waals surface area (Å²) >= 11 is 7.82. The van der Waals surface area contributed by atoms with Crippen molar-refractivity contribution in [3.8, 4) is 11.5 Å². The van der Waals surface area contributed by atoms with Gasteiger partial charge in [0.2, 0.25) is 5.91 Å².